The van der Waals surface area contributed by atoms with Crippen LogP contribution in [0.5, 0.6) is 0 Å². The first-order valence-electron chi connectivity index (χ1n) is 11.4. The van der Waals surface area contributed by atoms with E-state index in [4.69, 9.17) is 0 Å². The number of anilines is 2. The predicted octanol–water partition coefficient (Wildman–Crippen LogP) is 6.47. The molecule has 34 heavy (non-hydrogen) atoms. The van der Waals surface area contributed by atoms with Gasteiger partial charge in [0, 0.05) is 11.1 Å². The van der Waals surface area contributed by atoms with Gasteiger partial charge in [0.15, 0.2) is 0 Å². The maximum Gasteiger partial charge on any atom is 0.282 e. The fourth-order valence-corrected chi connectivity index (χ4v) is 4.40. The summed E-state index contributed by atoms with van der Waals surface area (Å²) in [4.78, 5) is 29.0. The third-order valence-electron chi connectivity index (χ3n) is 6.66. The lowest BCUT2D eigenvalue weighted by Gasteiger charge is -2.18. The average Bonchev–Trinajstić information content (AvgIpc) is 3.07. The van der Waals surface area contributed by atoms with Gasteiger partial charge < -0.3 is 5.32 Å². The predicted molar refractivity (Wildman–Crippen MR) is 139 cm³/mol. The van der Waals surface area contributed by atoms with Crippen LogP contribution in [0.3, 0.4) is 0 Å². The number of hydrogen-bond acceptors (Lipinski definition) is 3. The lowest BCUT2D eigenvalue weighted by Crippen LogP contribution is -2.32. The van der Waals surface area contributed by atoms with Gasteiger partial charge in [-0.15, -0.1) is 0 Å². The summed E-state index contributed by atoms with van der Waals surface area (Å²) in [5, 5.41) is 5.12. The first-order chi connectivity index (χ1) is 16.3. The molecule has 0 spiro atoms. The van der Waals surface area contributed by atoms with E-state index in [0.29, 0.717) is 17.0 Å². The molecule has 5 rings (SSSR count). The third-order valence-corrected chi connectivity index (χ3v) is 6.66. The van der Waals surface area contributed by atoms with Gasteiger partial charge in [0.1, 0.15) is 5.70 Å². The van der Waals surface area contributed by atoms with Crippen molar-refractivity contribution in [2.24, 2.45) is 0 Å². The monoisotopic (exact) mass is 446 g/mol. The summed E-state index contributed by atoms with van der Waals surface area (Å²) >= 11 is 0. The van der Waals surface area contributed by atoms with E-state index < -0.39 is 0 Å². The molecule has 4 nitrogen and oxygen atoms in total. The van der Waals surface area contributed by atoms with Crippen LogP contribution in [0.25, 0.3) is 16.3 Å². The molecule has 0 atom stereocenters. The number of imide groups is 1. The van der Waals surface area contributed by atoms with Crippen LogP contribution in [-0.4, -0.2) is 11.8 Å². The van der Waals surface area contributed by atoms with E-state index >= 15 is 0 Å². The van der Waals surface area contributed by atoms with E-state index in [1.54, 1.807) is 0 Å². The Morgan fingerprint density at radius 1 is 0.647 bits per heavy atom. The Morgan fingerprint density at radius 3 is 2.06 bits per heavy atom. The second-order valence-corrected chi connectivity index (χ2v) is 8.92. The highest BCUT2D eigenvalue weighted by atomic mass is 16.2. The molecule has 2 amide bonds. The molecule has 0 bridgehead atoms. The number of amides is 2. The highest BCUT2D eigenvalue weighted by Gasteiger charge is 2.41. The van der Waals surface area contributed by atoms with Gasteiger partial charge in [-0.3, -0.25) is 9.59 Å². The van der Waals surface area contributed by atoms with E-state index in [2.05, 4.69) is 5.32 Å². The molecule has 4 heteroatoms. The van der Waals surface area contributed by atoms with Crippen LogP contribution in [0.1, 0.15) is 27.8 Å². The number of nitrogens with zero attached hydrogens (tertiary/aromatic N) is 1. The van der Waals surface area contributed by atoms with Gasteiger partial charge in [0.2, 0.25) is 0 Å². The van der Waals surface area contributed by atoms with Crippen molar-refractivity contribution < 1.29 is 9.59 Å². The quantitative estimate of drug-likeness (QED) is 0.366. The molecule has 168 valence electrons. The summed E-state index contributed by atoms with van der Waals surface area (Å²) in [6.45, 7) is 8.12. The van der Waals surface area contributed by atoms with Crippen molar-refractivity contribution in [2.45, 2.75) is 27.7 Å². The molecule has 1 aliphatic heterocycles. The van der Waals surface area contributed by atoms with E-state index in [0.717, 1.165) is 38.7 Å². The fraction of sp³-hybridized carbons (Fsp3) is 0.133. The van der Waals surface area contributed by atoms with Crippen molar-refractivity contribution in [2.75, 3.05) is 10.2 Å². The van der Waals surface area contributed by atoms with Crippen LogP contribution < -0.4 is 10.2 Å². The second-order valence-electron chi connectivity index (χ2n) is 8.92. The highest BCUT2D eigenvalue weighted by Crippen LogP contribution is 2.37. The Morgan fingerprint density at radius 2 is 1.32 bits per heavy atom. The molecule has 0 fully saturated rings. The van der Waals surface area contributed by atoms with E-state index in [-0.39, 0.29) is 11.8 Å². The lowest BCUT2D eigenvalue weighted by molar-refractivity contribution is -0.120. The number of nitrogens with one attached hydrogen (secondary N) is 1. The molecule has 1 heterocycles. The first-order valence-corrected chi connectivity index (χ1v) is 11.4. The normalized spacial score (nSPS) is 13.8. The summed E-state index contributed by atoms with van der Waals surface area (Å²) in [5.74, 6) is -0.677. The minimum Gasteiger partial charge on any atom is -0.350 e. The fourth-order valence-electron chi connectivity index (χ4n) is 4.40. The standard InChI is InChI=1S/C30H26N2O2/c1-18-12-14-23(16-20(18)3)27-28(31-24-15-13-19(2)21(4)17-24)30(34)32(29(27)33)26-11-7-9-22-8-5-6-10-25(22)26/h5-17,31H,1-4H3. The molecular formula is C30H26N2O2. The number of carbonyl (C=O) groups is 2. The van der Waals surface area contributed by atoms with Crippen molar-refractivity contribution in [3.63, 3.8) is 0 Å². The van der Waals surface area contributed by atoms with Gasteiger partial charge in [0.25, 0.3) is 11.8 Å². The number of fused-ring (bicyclic) bond motifs is 1. The largest absolute Gasteiger partial charge is 0.350 e. The Balaban J connectivity index is 1.68. The Labute approximate surface area is 199 Å². The molecular weight excluding hydrogens is 420 g/mol. The van der Waals surface area contributed by atoms with Gasteiger partial charge in [0.05, 0.1) is 11.3 Å². The zero-order valence-electron chi connectivity index (χ0n) is 19.8. The number of carbonyl (C=O) groups excluding carboxylic acids is 2. The van der Waals surface area contributed by atoms with E-state index in [1.807, 2.05) is 107 Å². The zero-order valence-corrected chi connectivity index (χ0v) is 19.8. The van der Waals surface area contributed by atoms with Gasteiger partial charge in [-0.25, -0.2) is 4.90 Å². The molecule has 4 aromatic carbocycles. The Hall–Kier alpha value is -4.18. The topological polar surface area (TPSA) is 49.4 Å². The first kappa shape index (κ1) is 21.7. The number of rotatable bonds is 4. The van der Waals surface area contributed by atoms with Crippen molar-refractivity contribution in [3.05, 3.63) is 112 Å². The Kier molecular flexibility index (Phi) is 5.29. The summed E-state index contributed by atoms with van der Waals surface area (Å²) in [7, 11) is 0. The van der Waals surface area contributed by atoms with Gasteiger partial charge in [-0.05, 0) is 79.1 Å². The van der Waals surface area contributed by atoms with Crippen LogP contribution in [0, 0.1) is 27.7 Å². The van der Waals surface area contributed by atoms with Crippen LogP contribution >= 0.6 is 0 Å². The summed E-state index contributed by atoms with van der Waals surface area (Å²) in [6, 6.07) is 25.3. The molecule has 0 aromatic heterocycles. The zero-order chi connectivity index (χ0) is 24.0. The minimum atomic E-state index is -0.354. The SMILES string of the molecule is Cc1ccc(NC2=C(c3ccc(C)c(C)c3)C(=O)N(c3cccc4ccccc34)C2=O)cc1C. The van der Waals surface area contributed by atoms with Crippen LogP contribution in [-0.2, 0) is 9.59 Å². The third kappa shape index (κ3) is 3.57. The maximum atomic E-state index is 13.9. The molecule has 0 saturated heterocycles. The summed E-state index contributed by atoms with van der Waals surface area (Å²) in [6.07, 6.45) is 0. The lowest BCUT2D eigenvalue weighted by atomic mass is 9.99. The molecule has 0 unspecified atom stereocenters. The number of aryl methyl sites for hydroxylation is 4. The van der Waals surface area contributed by atoms with Crippen molar-refractivity contribution in [3.8, 4) is 0 Å². The van der Waals surface area contributed by atoms with Crippen LogP contribution in [0.15, 0.2) is 84.6 Å². The van der Waals surface area contributed by atoms with Crippen molar-refractivity contribution in [1.29, 1.82) is 0 Å². The number of hydrogen-bond donors (Lipinski definition) is 1. The number of benzene rings is 4. The van der Waals surface area contributed by atoms with Gasteiger partial charge in [-0.2, -0.15) is 0 Å². The maximum absolute atomic E-state index is 13.9. The van der Waals surface area contributed by atoms with E-state index in [1.165, 1.54) is 10.5 Å². The minimum absolute atomic E-state index is 0.296. The molecule has 1 N–H and O–H groups in total. The highest BCUT2D eigenvalue weighted by molar-refractivity contribution is 6.47. The summed E-state index contributed by atoms with van der Waals surface area (Å²) < 4.78 is 0. The molecule has 0 radical (unpaired) electrons. The van der Waals surface area contributed by atoms with Crippen LogP contribution in [0.2, 0.25) is 0 Å². The molecule has 4 aromatic rings. The van der Waals surface area contributed by atoms with Crippen molar-refractivity contribution >= 4 is 39.5 Å². The molecule has 0 saturated carbocycles. The van der Waals surface area contributed by atoms with Crippen LogP contribution in [0.4, 0.5) is 11.4 Å². The summed E-state index contributed by atoms with van der Waals surface area (Å²) in [5.41, 5.74) is 7.27. The second kappa shape index (κ2) is 8.31. The smallest absolute Gasteiger partial charge is 0.282 e. The molecule has 1 aliphatic rings. The average molecular weight is 447 g/mol. The van der Waals surface area contributed by atoms with Gasteiger partial charge >= 0.3 is 0 Å². The van der Waals surface area contributed by atoms with E-state index in [9.17, 15) is 9.59 Å². The molecule has 0 aliphatic carbocycles. The van der Waals surface area contributed by atoms with Crippen molar-refractivity contribution in [1.82, 2.24) is 0 Å². The van der Waals surface area contributed by atoms with Gasteiger partial charge in [-0.1, -0.05) is 60.7 Å². The Bertz CT molecular complexity index is 1510.